The fourth-order valence-electron chi connectivity index (χ4n) is 1.92. The van der Waals surface area contributed by atoms with Crippen LogP contribution < -0.4 is 10.1 Å². The smallest absolute Gasteiger partial charge is 0.277 e. The number of hydrogen-bond donors (Lipinski definition) is 1. The summed E-state index contributed by atoms with van der Waals surface area (Å²) in [6.07, 6.45) is 1.72. The predicted molar refractivity (Wildman–Crippen MR) is 85.3 cm³/mol. The third-order valence-electron chi connectivity index (χ3n) is 3.06. The lowest BCUT2D eigenvalue weighted by Crippen LogP contribution is -2.12. The molecule has 0 fully saturated rings. The largest absolute Gasteiger partial charge is 0.497 e. The standard InChI is InChI=1S/C15H14N4O2S/c1-19-8-7-12(18-19)14(20)17-15-16-13(9-22-15)10-3-5-11(21-2)6-4-10/h3-9H,1-2H3,(H,16,17,20). The molecular weight excluding hydrogens is 300 g/mol. The van der Waals surface area contributed by atoms with Gasteiger partial charge in [-0.25, -0.2) is 4.98 Å². The molecule has 0 aliphatic heterocycles. The molecule has 0 spiro atoms. The van der Waals surface area contributed by atoms with Crippen molar-refractivity contribution in [2.24, 2.45) is 7.05 Å². The fraction of sp³-hybridized carbons (Fsp3) is 0.133. The average molecular weight is 314 g/mol. The Kier molecular flexibility index (Phi) is 3.88. The van der Waals surface area contributed by atoms with Crippen LogP contribution in [0.3, 0.4) is 0 Å². The van der Waals surface area contributed by atoms with E-state index in [-0.39, 0.29) is 5.91 Å². The van der Waals surface area contributed by atoms with Gasteiger partial charge in [0.15, 0.2) is 10.8 Å². The molecular formula is C15H14N4O2S. The summed E-state index contributed by atoms with van der Waals surface area (Å²) in [5, 5.41) is 9.25. The zero-order chi connectivity index (χ0) is 15.5. The van der Waals surface area contributed by atoms with Crippen molar-refractivity contribution in [3.05, 3.63) is 47.6 Å². The van der Waals surface area contributed by atoms with Gasteiger partial charge < -0.3 is 4.74 Å². The van der Waals surface area contributed by atoms with Gasteiger partial charge in [0, 0.05) is 24.2 Å². The van der Waals surface area contributed by atoms with Crippen LogP contribution in [-0.4, -0.2) is 27.8 Å². The molecule has 6 nitrogen and oxygen atoms in total. The topological polar surface area (TPSA) is 69.0 Å². The Balaban J connectivity index is 1.74. The summed E-state index contributed by atoms with van der Waals surface area (Å²) in [4.78, 5) is 16.4. The maximum absolute atomic E-state index is 12.0. The van der Waals surface area contributed by atoms with Gasteiger partial charge in [-0.2, -0.15) is 5.10 Å². The zero-order valence-electron chi connectivity index (χ0n) is 12.1. The summed E-state index contributed by atoms with van der Waals surface area (Å²) < 4.78 is 6.71. The van der Waals surface area contributed by atoms with Gasteiger partial charge in [-0.15, -0.1) is 11.3 Å². The lowest BCUT2D eigenvalue weighted by Gasteiger charge is -2.00. The molecule has 2 aromatic heterocycles. The number of aryl methyl sites for hydroxylation is 1. The molecule has 22 heavy (non-hydrogen) atoms. The van der Waals surface area contributed by atoms with Gasteiger partial charge in [-0.05, 0) is 30.3 Å². The molecule has 3 aromatic rings. The number of thiazole rings is 1. The van der Waals surface area contributed by atoms with E-state index in [1.807, 2.05) is 29.6 Å². The number of amides is 1. The summed E-state index contributed by atoms with van der Waals surface area (Å²) in [6.45, 7) is 0. The Bertz CT molecular complexity index is 792. The number of hydrogen-bond acceptors (Lipinski definition) is 5. The third kappa shape index (κ3) is 2.99. The summed E-state index contributed by atoms with van der Waals surface area (Å²) in [5.41, 5.74) is 2.14. The molecule has 112 valence electrons. The number of aromatic nitrogens is 3. The molecule has 7 heteroatoms. The minimum Gasteiger partial charge on any atom is -0.497 e. The van der Waals surface area contributed by atoms with Crippen LogP contribution >= 0.6 is 11.3 Å². The second kappa shape index (κ2) is 5.98. The Labute approximate surface area is 131 Å². The highest BCUT2D eigenvalue weighted by atomic mass is 32.1. The molecule has 0 saturated heterocycles. The van der Waals surface area contributed by atoms with E-state index in [1.54, 1.807) is 31.1 Å². The first-order valence-corrected chi connectivity index (χ1v) is 7.44. The summed E-state index contributed by atoms with van der Waals surface area (Å²) in [6, 6.07) is 9.27. The molecule has 3 rings (SSSR count). The molecule has 0 unspecified atom stereocenters. The Morgan fingerprint density at radius 1 is 1.27 bits per heavy atom. The maximum Gasteiger partial charge on any atom is 0.277 e. The monoisotopic (exact) mass is 314 g/mol. The number of rotatable bonds is 4. The molecule has 1 amide bonds. The quantitative estimate of drug-likeness (QED) is 0.804. The first-order valence-electron chi connectivity index (χ1n) is 6.56. The Morgan fingerprint density at radius 3 is 2.68 bits per heavy atom. The van der Waals surface area contributed by atoms with Gasteiger partial charge in [0.05, 0.1) is 12.8 Å². The van der Waals surface area contributed by atoms with Gasteiger partial charge in [0.1, 0.15) is 5.75 Å². The molecule has 0 aliphatic rings. The third-order valence-corrected chi connectivity index (χ3v) is 3.81. The van der Waals surface area contributed by atoms with Gasteiger partial charge >= 0.3 is 0 Å². The fourth-order valence-corrected chi connectivity index (χ4v) is 2.64. The van der Waals surface area contributed by atoms with Crippen LogP contribution in [0.5, 0.6) is 5.75 Å². The molecule has 0 atom stereocenters. The van der Waals surface area contributed by atoms with E-state index in [1.165, 1.54) is 11.3 Å². The lowest BCUT2D eigenvalue weighted by atomic mass is 10.2. The van der Waals surface area contributed by atoms with Crippen molar-refractivity contribution < 1.29 is 9.53 Å². The van der Waals surface area contributed by atoms with Gasteiger partial charge in [-0.3, -0.25) is 14.8 Å². The lowest BCUT2D eigenvalue weighted by molar-refractivity contribution is 0.102. The van der Waals surface area contributed by atoms with Crippen molar-refractivity contribution in [3.8, 4) is 17.0 Å². The second-order valence-electron chi connectivity index (χ2n) is 4.60. The van der Waals surface area contributed by atoms with Crippen molar-refractivity contribution in [2.45, 2.75) is 0 Å². The highest BCUT2D eigenvalue weighted by Crippen LogP contribution is 2.26. The molecule has 0 radical (unpaired) electrons. The molecule has 2 heterocycles. The summed E-state index contributed by atoms with van der Waals surface area (Å²) in [5.74, 6) is 0.527. The van der Waals surface area contributed by atoms with Crippen molar-refractivity contribution in [1.29, 1.82) is 0 Å². The van der Waals surface area contributed by atoms with Crippen LogP contribution in [0.4, 0.5) is 5.13 Å². The van der Waals surface area contributed by atoms with Gasteiger partial charge in [0.2, 0.25) is 0 Å². The molecule has 1 aromatic carbocycles. The number of anilines is 1. The second-order valence-corrected chi connectivity index (χ2v) is 5.45. The first-order chi connectivity index (χ1) is 10.7. The van der Waals surface area contributed by atoms with E-state index in [4.69, 9.17) is 4.74 Å². The van der Waals surface area contributed by atoms with Crippen molar-refractivity contribution in [1.82, 2.24) is 14.8 Å². The van der Waals surface area contributed by atoms with E-state index in [0.717, 1.165) is 17.0 Å². The number of carbonyl (C=O) groups excluding carboxylic acids is 1. The highest BCUT2D eigenvalue weighted by Gasteiger charge is 2.12. The minimum absolute atomic E-state index is 0.267. The van der Waals surface area contributed by atoms with E-state index in [2.05, 4.69) is 15.4 Å². The Morgan fingerprint density at radius 2 is 2.05 bits per heavy atom. The highest BCUT2D eigenvalue weighted by molar-refractivity contribution is 7.14. The summed E-state index contributed by atoms with van der Waals surface area (Å²) in [7, 11) is 3.39. The maximum atomic E-state index is 12.0. The average Bonchev–Trinajstić information content (AvgIpc) is 3.16. The van der Waals surface area contributed by atoms with Crippen LogP contribution in [0, 0.1) is 0 Å². The summed E-state index contributed by atoms with van der Waals surface area (Å²) >= 11 is 1.38. The van der Waals surface area contributed by atoms with Crippen LogP contribution in [-0.2, 0) is 7.05 Å². The number of nitrogens with zero attached hydrogens (tertiary/aromatic N) is 3. The molecule has 0 saturated carbocycles. The Hall–Kier alpha value is -2.67. The van der Waals surface area contributed by atoms with Crippen molar-refractivity contribution >= 4 is 22.4 Å². The van der Waals surface area contributed by atoms with Crippen molar-refractivity contribution in [3.63, 3.8) is 0 Å². The SMILES string of the molecule is COc1ccc(-c2csc(NC(=O)c3ccn(C)n3)n2)cc1. The number of nitrogens with one attached hydrogen (secondary N) is 1. The number of benzene rings is 1. The van der Waals surface area contributed by atoms with Crippen LogP contribution in [0.25, 0.3) is 11.3 Å². The predicted octanol–water partition coefficient (Wildman–Crippen LogP) is 2.80. The molecule has 1 N–H and O–H groups in total. The zero-order valence-corrected chi connectivity index (χ0v) is 12.9. The van der Waals surface area contributed by atoms with E-state index < -0.39 is 0 Å². The van der Waals surface area contributed by atoms with E-state index >= 15 is 0 Å². The van der Waals surface area contributed by atoms with Gasteiger partial charge in [-0.1, -0.05) is 0 Å². The van der Waals surface area contributed by atoms with Crippen molar-refractivity contribution in [2.75, 3.05) is 12.4 Å². The molecule has 0 bridgehead atoms. The van der Waals surface area contributed by atoms with E-state index in [0.29, 0.717) is 10.8 Å². The normalized spacial score (nSPS) is 10.5. The minimum atomic E-state index is -0.267. The molecule has 0 aliphatic carbocycles. The number of ether oxygens (including phenoxy) is 1. The number of methoxy groups -OCH3 is 1. The first kappa shape index (κ1) is 14.3. The van der Waals surface area contributed by atoms with Crippen LogP contribution in [0.2, 0.25) is 0 Å². The number of carbonyl (C=O) groups is 1. The van der Waals surface area contributed by atoms with E-state index in [9.17, 15) is 4.79 Å². The van der Waals surface area contributed by atoms with Gasteiger partial charge in [0.25, 0.3) is 5.91 Å². The van der Waals surface area contributed by atoms with Crippen LogP contribution in [0.1, 0.15) is 10.5 Å². The van der Waals surface area contributed by atoms with Crippen LogP contribution in [0.15, 0.2) is 41.9 Å².